The average Bonchev–Trinajstić information content (AvgIpc) is 3.12. The molecule has 0 amide bonds. The van der Waals surface area contributed by atoms with Gasteiger partial charge in [-0.1, -0.05) is 12.1 Å². The number of sulfonamides is 1. The van der Waals surface area contributed by atoms with Crippen molar-refractivity contribution in [1.82, 2.24) is 4.31 Å². The summed E-state index contributed by atoms with van der Waals surface area (Å²) in [7, 11) is -3.43. The Morgan fingerprint density at radius 3 is 2.60 bits per heavy atom. The van der Waals surface area contributed by atoms with E-state index in [0.29, 0.717) is 28.4 Å². The monoisotopic (exact) mass is 359 g/mol. The lowest BCUT2D eigenvalue weighted by molar-refractivity contribution is 0.180. The first-order chi connectivity index (χ1) is 9.59. The summed E-state index contributed by atoms with van der Waals surface area (Å²) in [5, 5.41) is 0. The van der Waals surface area contributed by atoms with Gasteiger partial charge in [0.25, 0.3) is 0 Å². The molecule has 1 aliphatic heterocycles. The predicted octanol–water partition coefficient (Wildman–Crippen LogP) is 2.64. The number of rotatable bonds is 5. The number of benzene rings is 1. The first-order valence-electron chi connectivity index (χ1n) is 6.93. The molecule has 1 saturated carbocycles. The van der Waals surface area contributed by atoms with Gasteiger partial charge in [-0.05, 0) is 53.2 Å². The van der Waals surface area contributed by atoms with Crippen LogP contribution in [0.15, 0.2) is 33.6 Å². The largest absolute Gasteiger partial charge is 0.381 e. The molecule has 1 aliphatic carbocycles. The summed E-state index contributed by atoms with van der Waals surface area (Å²) in [5.41, 5.74) is 0. The van der Waals surface area contributed by atoms with E-state index in [-0.39, 0.29) is 6.04 Å². The van der Waals surface area contributed by atoms with E-state index in [0.717, 1.165) is 25.9 Å². The van der Waals surface area contributed by atoms with E-state index in [4.69, 9.17) is 4.74 Å². The average molecular weight is 360 g/mol. The molecule has 4 nitrogen and oxygen atoms in total. The van der Waals surface area contributed by atoms with Crippen molar-refractivity contribution >= 4 is 26.0 Å². The zero-order valence-corrected chi connectivity index (χ0v) is 13.6. The Balaban J connectivity index is 1.87. The van der Waals surface area contributed by atoms with E-state index in [1.807, 2.05) is 6.07 Å². The minimum Gasteiger partial charge on any atom is -0.381 e. The van der Waals surface area contributed by atoms with Crippen LogP contribution in [0.1, 0.15) is 19.3 Å². The van der Waals surface area contributed by atoms with E-state index < -0.39 is 10.0 Å². The zero-order valence-electron chi connectivity index (χ0n) is 11.2. The fourth-order valence-electron chi connectivity index (χ4n) is 2.57. The van der Waals surface area contributed by atoms with Crippen molar-refractivity contribution < 1.29 is 13.2 Å². The maximum absolute atomic E-state index is 12.9. The molecule has 0 radical (unpaired) electrons. The Morgan fingerprint density at radius 1 is 1.25 bits per heavy atom. The Labute approximate surface area is 128 Å². The highest BCUT2D eigenvalue weighted by Crippen LogP contribution is 2.35. The number of nitrogens with zero attached hydrogens (tertiary/aromatic N) is 1. The van der Waals surface area contributed by atoms with Gasteiger partial charge in [-0.3, -0.25) is 0 Å². The third-order valence-electron chi connectivity index (χ3n) is 3.84. The molecule has 1 saturated heterocycles. The van der Waals surface area contributed by atoms with Gasteiger partial charge in [-0.2, -0.15) is 4.31 Å². The van der Waals surface area contributed by atoms with Gasteiger partial charge >= 0.3 is 0 Å². The Bertz CT molecular complexity index is 580. The highest BCUT2D eigenvalue weighted by molar-refractivity contribution is 9.10. The van der Waals surface area contributed by atoms with Gasteiger partial charge in [0.05, 0.1) is 11.5 Å². The highest BCUT2D eigenvalue weighted by Gasteiger charge is 2.40. The lowest BCUT2D eigenvalue weighted by atomic mass is 10.1. The van der Waals surface area contributed by atoms with Crippen LogP contribution < -0.4 is 0 Å². The number of ether oxygens (including phenoxy) is 1. The van der Waals surface area contributed by atoms with Crippen molar-refractivity contribution in [3.05, 3.63) is 28.7 Å². The molecule has 1 aromatic carbocycles. The van der Waals surface area contributed by atoms with Crippen LogP contribution >= 0.6 is 15.9 Å². The van der Waals surface area contributed by atoms with Crippen molar-refractivity contribution in [2.75, 3.05) is 19.8 Å². The number of halogens is 1. The zero-order chi connectivity index (χ0) is 14.2. The Morgan fingerprint density at radius 2 is 2.00 bits per heavy atom. The van der Waals surface area contributed by atoms with Gasteiger partial charge in [0.1, 0.15) is 0 Å². The summed E-state index contributed by atoms with van der Waals surface area (Å²) in [6, 6.07) is 7.21. The molecule has 3 rings (SSSR count). The van der Waals surface area contributed by atoms with Gasteiger partial charge in [0, 0.05) is 23.7 Å². The smallest absolute Gasteiger partial charge is 0.244 e. The molecule has 2 fully saturated rings. The fraction of sp³-hybridized carbons (Fsp3) is 0.571. The van der Waals surface area contributed by atoms with E-state index in [1.165, 1.54) is 0 Å². The molecule has 0 aromatic heterocycles. The highest BCUT2D eigenvalue weighted by atomic mass is 79.9. The van der Waals surface area contributed by atoms with E-state index in [1.54, 1.807) is 22.5 Å². The molecule has 110 valence electrons. The number of hydrogen-bond donors (Lipinski definition) is 0. The van der Waals surface area contributed by atoms with Gasteiger partial charge in [-0.25, -0.2) is 8.42 Å². The summed E-state index contributed by atoms with van der Waals surface area (Å²) in [5.74, 6) is 0.327. The summed E-state index contributed by atoms with van der Waals surface area (Å²) in [6.45, 7) is 2.00. The van der Waals surface area contributed by atoms with Crippen LogP contribution in [-0.4, -0.2) is 38.5 Å². The molecule has 1 heterocycles. The van der Waals surface area contributed by atoms with Gasteiger partial charge in [-0.15, -0.1) is 0 Å². The number of hydrogen-bond acceptors (Lipinski definition) is 3. The Kier molecular flexibility index (Phi) is 4.17. The second-order valence-electron chi connectivity index (χ2n) is 5.47. The van der Waals surface area contributed by atoms with E-state index >= 15 is 0 Å². The lowest BCUT2D eigenvalue weighted by Crippen LogP contribution is -2.37. The SMILES string of the molecule is O=S(=O)(c1ccccc1Br)N(CC1CCOC1)C1CC1. The fourth-order valence-corrected chi connectivity index (χ4v) is 5.29. The van der Waals surface area contributed by atoms with Gasteiger partial charge in [0.2, 0.25) is 10.0 Å². The molecule has 0 spiro atoms. The summed E-state index contributed by atoms with van der Waals surface area (Å²) < 4.78 is 33.4. The molecule has 1 atom stereocenters. The first kappa shape index (κ1) is 14.5. The van der Waals surface area contributed by atoms with Crippen LogP contribution in [0.4, 0.5) is 0 Å². The van der Waals surface area contributed by atoms with Crippen LogP contribution in [-0.2, 0) is 14.8 Å². The van der Waals surface area contributed by atoms with Crippen molar-refractivity contribution in [3.8, 4) is 0 Å². The molecular weight excluding hydrogens is 342 g/mol. The van der Waals surface area contributed by atoms with Crippen molar-refractivity contribution in [2.24, 2.45) is 5.92 Å². The molecule has 0 bridgehead atoms. The van der Waals surface area contributed by atoms with Crippen LogP contribution in [0, 0.1) is 5.92 Å². The van der Waals surface area contributed by atoms with Crippen LogP contribution in [0.25, 0.3) is 0 Å². The predicted molar refractivity (Wildman–Crippen MR) is 80.0 cm³/mol. The minimum atomic E-state index is -3.43. The van der Waals surface area contributed by atoms with Crippen LogP contribution in [0.5, 0.6) is 0 Å². The van der Waals surface area contributed by atoms with E-state index in [9.17, 15) is 8.42 Å². The lowest BCUT2D eigenvalue weighted by Gasteiger charge is -2.25. The quantitative estimate of drug-likeness (QED) is 0.811. The van der Waals surface area contributed by atoms with Crippen LogP contribution in [0.3, 0.4) is 0 Å². The molecule has 2 aliphatic rings. The third-order valence-corrected chi connectivity index (χ3v) is 6.77. The third kappa shape index (κ3) is 2.93. The standard InChI is InChI=1S/C14H18BrNO3S/c15-13-3-1-2-4-14(13)20(17,18)16(12-5-6-12)9-11-7-8-19-10-11/h1-4,11-12H,5-10H2. The van der Waals surface area contributed by atoms with Crippen molar-refractivity contribution in [1.29, 1.82) is 0 Å². The van der Waals surface area contributed by atoms with Gasteiger partial charge < -0.3 is 4.74 Å². The maximum Gasteiger partial charge on any atom is 0.244 e. The van der Waals surface area contributed by atoms with E-state index in [2.05, 4.69) is 15.9 Å². The Hall–Kier alpha value is -0.430. The minimum absolute atomic E-state index is 0.174. The second-order valence-corrected chi connectivity index (χ2v) is 8.18. The molecular formula is C14H18BrNO3S. The summed E-state index contributed by atoms with van der Waals surface area (Å²) in [6.07, 6.45) is 2.89. The maximum atomic E-state index is 12.9. The second kappa shape index (κ2) is 5.75. The van der Waals surface area contributed by atoms with Crippen LogP contribution in [0.2, 0.25) is 0 Å². The van der Waals surface area contributed by atoms with Crippen molar-refractivity contribution in [2.45, 2.75) is 30.2 Å². The summed E-state index contributed by atoms with van der Waals surface area (Å²) in [4.78, 5) is 0.366. The molecule has 6 heteroatoms. The normalized spacial score (nSPS) is 23.4. The molecule has 1 aromatic rings. The molecule has 1 unspecified atom stereocenters. The topological polar surface area (TPSA) is 46.6 Å². The first-order valence-corrected chi connectivity index (χ1v) is 9.16. The summed E-state index contributed by atoms with van der Waals surface area (Å²) >= 11 is 3.35. The van der Waals surface area contributed by atoms with Crippen molar-refractivity contribution in [3.63, 3.8) is 0 Å². The molecule has 20 heavy (non-hydrogen) atoms. The molecule has 0 N–H and O–H groups in total. The van der Waals surface area contributed by atoms with Gasteiger partial charge in [0.15, 0.2) is 0 Å².